The lowest BCUT2D eigenvalue weighted by molar-refractivity contribution is -0.134. The average Bonchev–Trinajstić information content (AvgIpc) is 3.16. The molecule has 0 atom stereocenters. The Balaban J connectivity index is 1.42. The van der Waals surface area contributed by atoms with E-state index in [1.54, 1.807) is 11.0 Å². The molecular formula is C17H26N4O3. The molecule has 7 heteroatoms. The van der Waals surface area contributed by atoms with Crippen LogP contribution >= 0.6 is 0 Å². The molecule has 2 aliphatic heterocycles. The predicted octanol–water partition coefficient (Wildman–Crippen LogP) is 1.08. The molecule has 3 heterocycles. The normalized spacial score (nSPS) is 20.4. The zero-order valence-electron chi connectivity index (χ0n) is 14.3. The quantitative estimate of drug-likeness (QED) is 0.824. The molecule has 2 saturated heterocycles. The highest BCUT2D eigenvalue weighted by Crippen LogP contribution is 2.23. The molecule has 24 heavy (non-hydrogen) atoms. The van der Waals surface area contributed by atoms with Crippen molar-refractivity contribution >= 4 is 11.8 Å². The number of piperazine rings is 1. The van der Waals surface area contributed by atoms with E-state index in [2.05, 4.69) is 17.0 Å². The Morgan fingerprint density at radius 2 is 1.83 bits per heavy atom. The van der Waals surface area contributed by atoms with Crippen LogP contribution in [0.5, 0.6) is 0 Å². The summed E-state index contributed by atoms with van der Waals surface area (Å²) in [5.41, 5.74) is 0.360. The first-order chi connectivity index (χ1) is 11.7. The van der Waals surface area contributed by atoms with E-state index in [4.69, 9.17) is 4.52 Å². The first-order valence-electron chi connectivity index (χ1n) is 8.87. The van der Waals surface area contributed by atoms with Crippen LogP contribution in [0.1, 0.15) is 36.7 Å². The molecule has 1 aromatic heterocycles. The van der Waals surface area contributed by atoms with Gasteiger partial charge in [-0.2, -0.15) is 0 Å². The summed E-state index contributed by atoms with van der Waals surface area (Å²) in [6.45, 7) is 8.23. The lowest BCUT2D eigenvalue weighted by atomic mass is 9.92. The molecule has 0 aromatic carbocycles. The van der Waals surface area contributed by atoms with E-state index >= 15 is 0 Å². The number of hydrogen-bond acceptors (Lipinski definition) is 5. The van der Waals surface area contributed by atoms with Gasteiger partial charge >= 0.3 is 0 Å². The summed E-state index contributed by atoms with van der Waals surface area (Å²) in [6, 6.07) is 1.59. The molecule has 3 rings (SSSR count). The molecule has 2 amide bonds. The molecule has 132 valence electrons. The van der Waals surface area contributed by atoms with E-state index in [1.165, 1.54) is 6.26 Å². The molecule has 0 saturated carbocycles. The topological polar surface area (TPSA) is 69.9 Å². The van der Waals surface area contributed by atoms with Gasteiger partial charge in [0.1, 0.15) is 6.26 Å². The molecule has 7 nitrogen and oxygen atoms in total. The van der Waals surface area contributed by atoms with Crippen molar-refractivity contribution in [3.05, 3.63) is 18.0 Å². The minimum absolute atomic E-state index is 0.0794. The fourth-order valence-electron chi connectivity index (χ4n) is 3.51. The molecular weight excluding hydrogens is 308 g/mol. The molecule has 0 aliphatic carbocycles. The Morgan fingerprint density at radius 1 is 1.12 bits per heavy atom. The van der Waals surface area contributed by atoms with E-state index in [9.17, 15) is 9.59 Å². The number of likely N-dealkylation sites (tertiary alicyclic amines) is 1. The summed E-state index contributed by atoms with van der Waals surface area (Å²) in [5.74, 6) is 0.569. The fraction of sp³-hybridized carbons (Fsp3) is 0.706. The number of piperidine rings is 1. The predicted molar refractivity (Wildman–Crippen MR) is 88.4 cm³/mol. The van der Waals surface area contributed by atoms with Crippen molar-refractivity contribution in [3.63, 3.8) is 0 Å². The van der Waals surface area contributed by atoms with Gasteiger partial charge in [0.15, 0.2) is 5.69 Å². The summed E-state index contributed by atoms with van der Waals surface area (Å²) in [4.78, 5) is 30.9. The molecule has 1 aromatic rings. The highest BCUT2D eigenvalue weighted by molar-refractivity contribution is 5.92. The van der Waals surface area contributed by atoms with Gasteiger partial charge in [-0.1, -0.05) is 12.1 Å². The number of carbonyl (C=O) groups excluding carboxylic acids is 2. The minimum Gasteiger partial charge on any atom is -0.364 e. The minimum atomic E-state index is -0.0794. The van der Waals surface area contributed by atoms with E-state index in [-0.39, 0.29) is 11.8 Å². The zero-order chi connectivity index (χ0) is 16.9. The van der Waals surface area contributed by atoms with Gasteiger partial charge in [0.05, 0.1) is 0 Å². The molecule has 0 radical (unpaired) electrons. The van der Waals surface area contributed by atoms with Crippen molar-refractivity contribution in [2.24, 2.45) is 5.92 Å². The summed E-state index contributed by atoms with van der Waals surface area (Å²) in [7, 11) is 0. The van der Waals surface area contributed by atoms with Crippen LogP contribution in [0.25, 0.3) is 0 Å². The SMILES string of the molecule is CCN1CCN(C(=O)CC2CCN(C(=O)c3ccon3)CC2)CC1. The summed E-state index contributed by atoms with van der Waals surface area (Å²) in [6.07, 6.45) is 3.78. The molecule has 0 bridgehead atoms. The lowest BCUT2D eigenvalue weighted by Crippen LogP contribution is -2.49. The molecule has 2 aliphatic rings. The van der Waals surface area contributed by atoms with Gasteiger partial charge in [-0.3, -0.25) is 9.59 Å². The standard InChI is InChI=1S/C17H26N4O3/c1-2-19-8-10-20(11-9-19)16(22)13-14-3-6-21(7-4-14)17(23)15-5-12-24-18-15/h5,12,14H,2-4,6-11,13H2,1H3. The summed E-state index contributed by atoms with van der Waals surface area (Å²) >= 11 is 0. The maximum absolute atomic E-state index is 12.5. The second kappa shape index (κ2) is 7.79. The van der Waals surface area contributed by atoms with Gasteiger partial charge < -0.3 is 19.2 Å². The Kier molecular flexibility index (Phi) is 5.50. The van der Waals surface area contributed by atoms with Crippen molar-refractivity contribution in [2.75, 3.05) is 45.8 Å². The second-order valence-corrected chi connectivity index (χ2v) is 6.64. The van der Waals surface area contributed by atoms with Crippen LogP contribution in [-0.2, 0) is 4.79 Å². The number of nitrogens with zero attached hydrogens (tertiary/aromatic N) is 4. The number of likely N-dealkylation sites (N-methyl/N-ethyl adjacent to an activating group) is 1. The van der Waals surface area contributed by atoms with E-state index in [0.29, 0.717) is 31.1 Å². The van der Waals surface area contributed by atoms with Crippen LogP contribution in [-0.4, -0.2) is 77.5 Å². The van der Waals surface area contributed by atoms with E-state index in [1.807, 2.05) is 4.90 Å². The third-order valence-corrected chi connectivity index (χ3v) is 5.19. The van der Waals surface area contributed by atoms with Crippen molar-refractivity contribution < 1.29 is 14.1 Å². The van der Waals surface area contributed by atoms with E-state index in [0.717, 1.165) is 45.6 Å². The lowest BCUT2D eigenvalue weighted by Gasteiger charge is -2.36. The van der Waals surface area contributed by atoms with Crippen LogP contribution in [0.2, 0.25) is 0 Å². The number of carbonyl (C=O) groups is 2. The molecule has 2 fully saturated rings. The number of rotatable bonds is 4. The first kappa shape index (κ1) is 17.0. The van der Waals surface area contributed by atoms with Crippen LogP contribution in [0.15, 0.2) is 16.9 Å². The van der Waals surface area contributed by atoms with Crippen molar-refractivity contribution in [1.82, 2.24) is 19.9 Å². The van der Waals surface area contributed by atoms with E-state index < -0.39 is 0 Å². The first-order valence-corrected chi connectivity index (χ1v) is 8.87. The maximum atomic E-state index is 12.5. The van der Waals surface area contributed by atoms with Gasteiger partial charge in [0, 0.05) is 51.8 Å². The van der Waals surface area contributed by atoms with Gasteiger partial charge in [-0.05, 0) is 25.3 Å². The summed E-state index contributed by atoms with van der Waals surface area (Å²) < 4.78 is 4.73. The highest BCUT2D eigenvalue weighted by Gasteiger charge is 2.28. The Morgan fingerprint density at radius 3 is 2.42 bits per heavy atom. The van der Waals surface area contributed by atoms with Crippen LogP contribution in [0, 0.1) is 5.92 Å². The number of hydrogen-bond donors (Lipinski definition) is 0. The van der Waals surface area contributed by atoms with Crippen molar-refractivity contribution in [3.8, 4) is 0 Å². The highest BCUT2D eigenvalue weighted by atomic mass is 16.5. The van der Waals surface area contributed by atoms with Crippen LogP contribution in [0.3, 0.4) is 0 Å². The van der Waals surface area contributed by atoms with Gasteiger partial charge in [0.25, 0.3) is 5.91 Å². The van der Waals surface area contributed by atoms with Crippen molar-refractivity contribution in [1.29, 1.82) is 0 Å². The number of amides is 2. The molecule has 0 unspecified atom stereocenters. The third-order valence-electron chi connectivity index (χ3n) is 5.19. The average molecular weight is 334 g/mol. The second-order valence-electron chi connectivity index (χ2n) is 6.64. The van der Waals surface area contributed by atoms with Gasteiger partial charge in [-0.25, -0.2) is 0 Å². The fourth-order valence-corrected chi connectivity index (χ4v) is 3.51. The smallest absolute Gasteiger partial charge is 0.276 e. The Hall–Kier alpha value is -1.89. The van der Waals surface area contributed by atoms with Gasteiger partial charge in [0.2, 0.25) is 5.91 Å². The Labute approximate surface area is 142 Å². The van der Waals surface area contributed by atoms with Crippen LogP contribution < -0.4 is 0 Å². The zero-order valence-corrected chi connectivity index (χ0v) is 14.3. The number of aromatic nitrogens is 1. The van der Waals surface area contributed by atoms with Gasteiger partial charge in [-0.15, -0.1) is 0 Å². The summed E-state index contributed by atoms with van der Waals surface area (Å²) in [5, 5.41) is 3.70. The largest absolute Gasteiger partial charge is 0.364 e. The Bertz CT molecular complexity index is 544. The van der Waals surface area contributed by atoms with Crippen molar-refractivity contribution in [2.45, 2.75) is 26.2 Å². The third kappa shape index (κ3) is 3.95. The monoisotopic (exact) mass is 334 g/mol. The maximum Gasteiger partial charge on any atom is 0.276 e. The molecule has 0 N–H and O–H groups in total. The van der Waals surface area contributed by atoms with Crippen LogP contribution in [0.4, 0.5) is 0 Å². The molecule has 0 spiro atoms.